The number of thiophene rings is 1. The summed E-state index contributed by atoms with van der Waals surface area (Å²) in [5.74, 6) is -0.799. The number of nitrogens with zero attached hydrogens (tertiary/aromatic N) is 4. The molecule has 14 nitrogen and oxygen atoms in total. The average Bonchev–Trinajstić information content (AvgIpc) is 3.59. The summed E-state index contributed by atoms with van der Waals surface area (Å²) in [4.78, 5) is 67.5. The van der Waals surface area contributed by atoms with Crippen LogP contribution < -0.4 is 21.3 Å². The van der Waals surface area contributed by atoms with Gasteiger partial charge in [-0.1, -0.05) is 49.4 Å². The topological polar surface area (TPSA) is 197 Å². The predicted octanol–water partition coefficient (Wildman–Crippen LogP) is 3.44. The number of nitrogens with one attached hydrogen (secondary N) is 4. The van der Waals surface area contributed by atoms with Gasteiger partial charge < -0.3 is 21.1 Å². The van der Waals surface area contributed by atoms with Crippen molar-refractivity contribution in [3.8, 4) is 5.00 Å². The number of fused-ring (bicyclic) bond motifs is 3. The first kappa shape index (κ1) is 38.8. The van der Waals surface area contributed by atoms with Crippen LogP contribution in [0.3, 0.4) is 0 Å². The fourth-order valence-corrected chi connectivity index (χ4v) is 7.63. The number of aromatic nitrogens is 3. The van der Waals surface area contributed by atoms with Crippen molar-refractivity contribution in [3.05, 3.63) is 62.5 Å². The number of benzene rings is 1. The van der Waals surface area contributed by atoms with Gasteiger partial charge in [0, 0.05) is 40.4 Å². The van der Waals surface area contributed by atoms with E-state index < -0.39 is 42.5 Å². The lowest BCUT2D eigenvalue weighted by Gasteiger charge is -2.24. The van der Waals surface area contributed by atoms with Gasteiger partial charge in [0.15, 0.2) is 5.82 Å². The van der Waals surface area contributed by atoms with Crippen LogP contribution in [0, 0.1) is 20.8 Å². The molecule has 0 spiro atoms. The summed E-state index contributed by atoms with van der Waals surface area (Å²) < 4.78 is 2.03. The van der Waals surface area contributed by atoms with E-state index in [1.807, 2.05) is 35.8 Å². The highest BCUT2D eigenvalue weighted by molar-refractivity contribution is 7.15. The molecule has 0 aliphatic carbocycles. The van der Waals surface area contributed by atoms with Gasteiger partial charge in [0.05, 0.1) is 18.7 Å². The van der Waals surface area contributed by atoms with Crippen LogP contribution in [0.25, 0.3) is 5.00 Å². The number of piperidine rings is 1. The maximum absolute atomic E-state index is 13.2. The van der Waals surface area contributed by atoms with Crippen LogP contribution in [0.2, 0.25) is 5.02 Å². The summed E-state index contributed by atoms with van der Waals surface area (Å²) in [5.41, 5.74) is 3.86. The second kappa shape index (κ2) is 17.8. The molecule has 3 atom stereocenters. The Bertz CT molecular complexity index is 1840. The molecular weight excluding hydrogens is 708 g/mol. The number of hydrogen-bond acceptors (Lipinski definition) is 10. The van der Waals surface area contributed by atoms with Gasteiger partial charge in [0.25, 0.3) is 0 Å². The number of hydrogen-bond donors (Lipinski definition) is 5. The van der Waals surface area contributed by atoms with Crippen LogP contribution in [-0.4, -0.2) is 80.4 Å². The molecule has 2 aromatic heterocycles. The second-order valence-electron chi connectivity index (χ2n) is 13.1. The van der Waals surface area contributed by atoms with Crippen LogP contribution in [0.1, 0.15) is 103 Å². The number of aryl methyl sites for hydroxylation is 2. The molecule has 4 heterocycles. The zero-order valence-corrected chi connectivity index (χ0v) is 31.2. The number of aliphatic imine (C=N–C) groups is 1. The van der Waals surface area contributed by atoms with Crippen LogP contribution in [-0.2, 0) is 24.0 Å². The van der Waals surface area contributed by atoms with E-state index in [-0.39, 0.29) is 37.5 Å². The number of halogens is 1. The van der Waals surface area contributed by atoms with Gasteiger partial charge in [-0.3, -0.25) is 38.8 Å². The van der Waals surface area contributed by atoms with Gasteiger partial charge in [-0.25, -0.2) is 0 Å². The molecule has 5 N–H and O–H groups in total. The molecule has 5 amide bonds. The summed E-state index contributed by atoms with van der Waals surface area (Å²) in [6, 6.07) is 4.98. The predicted molar refractivity (Wildman–Crippen MR) is 197 cm³/mol. The lowest BCUT2D eigenvalue weighted by atomic mass is 9.99. The quantitative estimate of drug-likeness (QED) is 0.108. The van der Waals surface area contributed by atoms with Crippen molar-refractivity contribution < 1.29 is 29.1 Å². The van der Waals surface area contributed by atoms with Gasteiger partial charge in [0.2, 0.25) is 29.5 Å². The van der Waals surface area contributed by atoms with E-state index in [1.54, 1.807) is 11.3 Å². The molecule has 1 fully saturated rings. The number of carbonyl (C=O) groups excluding carboxylic acids is 5. The Morgan fingerprint density at radius 1 is 1.02 bits per heavy atom. The van der Waals surface area contributed by atoms with Gasteiger partial charge in [-0.15, -0.1) is 21.5 Å². The van der Waals surface area contributed by atoms with Gasteiger partial charge >= 0.3 is 0 Å². The summed E-state index contributed by atoms with van der Waals surface area (Å²) in [7, 11) is 0. The highest BCUT2D eigenvalue weighted by Gasteiger charge is 2.33. The Labute approximate surface area is 311 Å². The Kier molecular flexibility index (Phi) is 13.3. The molecule has 3 aromatic rings. The van der Waals surface area contributed by atoms with Crippen molar-refractivity contribution in [1.29, 1.82) is 0 Å². The number of carbonyl (C=O) groups is 5. The molecule has 1 saturated heterocycles. The Morgan fingerprint density at radius 2 is 1.73 bits per heavy atom. The first-order valence-electron chi connectivity index (χ1n) is 17.6. The molecule has 0 bridgehead atoms. The molecule has 0 radical (unpaired) electrons. The molecule has 1 aromatic carbocycles. The average molecular weight is 753 g/mol. The van der Waals surface area contributed by atoms with Crippen molar-refractivity contribution >= 4 is 58.2 Å². The third kappa shape index (κ3) is 9.49. The summed E-state index contributed by atoms with van der Waals surface area (Å²) >= 11 is 7.87. The fraction of sp³-hybridized carbons (Fsp3) is 0.500. The van der Waals surface area contributed by atoms with Crippen molar-refractivity contribution in [2.24, 2.45) is 4.99 Å². The third-order valence-corrected chi connectivity index (χ3v) is 10.7. The Hall–Kier alpha value is -4.47. The fourth-order valence-electron chi connectivity index (χ4n) is 6.29. The number of amides is 5. The molecule has 5 rings (SSSR count). The van der Waals surface area contributed by atoms with Crippen LogP contribution in [0.4, 0.5) is 0 Å². The normalized spacial score (nSPS) is 17.3. The lowest BCUT2D eigenvalue weighted by molar-refractivity contribution is -0.138. The summed E-state index contributed by atoms with van der Waals surface area (Å²) in [6.45, 7) is 6.00. The van der Waals surface area contributed by atoms with E-state index >= 15 is 0 Å². The van der Waals surface area contributed by atoms with Crippen molar-refractivity contribution in [1.82, 2.24) is 36.0 Å². The van der Waals surface area contributed by atoms with Crippen LogP contribution in [0.15, 0.2) is 29.3 Å². The molecule has 16 heteroatoms. The van der Waals surface area contributed by atoms with E-state index in [0.717, 1.165) is 65.3 Å². The Morgan fingerprint density at radius 3 is 2.44 bits per heavy atom. The standard InChI is InChI=1S/C36H45ClN8O6S/c1-20-21(2)52-36-31(20)32(23-11-13-24(37)14-12-23)40-26(33-44-43-22(3)45(33)36)18-30(49)38-17-9-7-5-4-6-8-10-28(47)39-27(19-46)35(51)41-25-15-16-29(48)42-34(25)50/h11-14,25-27,46H,4-10,15-19H2,1-3H3,(H,38,49)(H,39,47)(H,41,51)(H,42,48,50)/t25-,26-,27-/m0/s1. The van der Waals surface area contributed by atoms with Crippen molar-refractivity contribution in [2.45, 2.75) is 103 Å². The third-order valence-electron chi connectivity index (χ3n) is 9.28. The first-order chi connectivity index (χ1) is 25.0. The molecule has 0 saturated carbocycles. The molecule has 2 aliphatic rings. The highest BCUT2D eigenvalue weighted by Crippen LogP contribution is 2.39. The molecule has 278 valence electrons. The van der Waals surface area contributed by atoms with Crippen molar-refractivity contribution in [3.63, 3.8) is 0 Å². The van der Waals surface area contributed by atoms with Gasteiger partial charge in [-0.05, 0) is 57.7 Å². The number of aliphatic hydroxyl groups excluding tert-OH is 1. The molecular formula is C36H45ClN8O6S. The number of imide groups is 1. The SMILES string of the molecule is Cc1sc2c(c1C)C(c1ccc(Cl)cc1)=N[C@@H](CC(=O)NCCCCCCCCC(=O)N[C@@H](CO)C(=O)N[C@H]1CCC(=O)NC1=O)c1nnc(C)n1-2. The minimum Gasteiger partial charge on any atom is -0.394 e. The minimum atomic E-state index is -1.18. The second-order valence-corrected chi connectivity index (χ2v) is 14.8. The number of unbranched alkanes of at least 4 members (excludes halogenated alkanes) is 5. The van der Waals surface area contributed by atoms with E-state index in [0.29, 0.717) is 23.8 Å². The largest absolute Gasteiger partial charge is 0.394 e. The minimum absolute atomic E-state index is 0.104. The van der Waals surface area contributed by atoms with Crippen LogP contribution >= 0.6 is 22.9 Å². The van der Waals surface area contributed by atoms with Gasteiger partial charge in [0.1, 0.15) is 29.0 Å². The van der Waals surface area contributed by atoms with E-state index in [4.69, 9.17) is 16.6 Å². The van der Waals surface area contributed by atoms with Gasteiger partial charge in [-0.2, -0.15) is 0 Å². The lowest BCUT2D eigenvalue weighted by Crippen LogP contribution is -2.57. The zero-order valence-electron chi connectivity index (χ0n) is 29.6. The summed E-state index contributed by atoms with van der Waals surface area (Å²) in [6.07, 6.45) is 5.58. The first-order valence-corrected chi connectivity index (χ1v) is 18.8. The number of rotatable bonds is 16. The van der Waals surface area contributed by atoms with E-state index in [2.05, 4.69) is 45.3 Å². The monoisotopic (exact) mass is 752 g/mol. The zero-order chi connectivity index (χ0) is 37.4. The molecule has 2 aliphatic heterocycles. The summed E-state index contributed by atoms with van der Waals surface area (Å²) in [5, 5.41) is 30.2. The van der Waals surface area contributed by atoms with Crippen molar-refractivity contribution in [2.75, 3.05) is 13.2 Å². The highest BCUT2D eigenvalue weighted by atomic mass is 35.5. The number of aliphatic hydroxyl groups is 1. The molecule has 0 unspecified atom stereocenters. The van der Waals surface area contributed by atoms with Crippen LogP contribution in [0.5, 0.6) is 0 Å². The Balaban J connectivity index is 1.03. The maximum Gasteiger partial charge on any atom is 0.249 e. The molecule has 52 heavy (non-hydrogen) atoms. The van der Waals surface area contributed by atoms with E-state index in [1.165, 1.54) is 4.88 Å². The smallest absolute Gasteiger partial charge is 0.249 e. The maximum atomic E-state index is 13.2. The van der Waals surface area contributed by atoms with E-state index in [9.17, 15) is 29.1 Å².